The van der Waals surface area contributed by atoms with Crippen LogP contribution in [0.2, 0.25) is 0 Å². The van der Waals surface area contributed by atoms with Crippen LogP contribution in [0.1, 0.15) is 5.56 Å². The van der Waals surface area contributed by atoms with Gasteiger partial charge in [-0.25, -0.2) is 8.42 Å². The van der Waals surface area contributed by atoms with Gasteiger partial charge in [0.2, 0.25) is 0 Å². The molecule has 0 saturated heterocycles. The second-order valence-electron chi connectivity index (χ2n) is 3.11. The quantitative estimate of drug-likeness (QED) is 0.706. The molecule has 14 heavy (non-hydrogen) atoms. The Balaban J connectivity index is 3.13. The highest BCUT2D eigenvalue weighted by atomic mass is 32.2. The van der Waals surface area contributed by atoms with Gasteiger partial charge in [-0.05, 0) is 24.1 Å². The molecule has 1 rings (SSSR count). The van der Waals surface area contributed by atoms with E-state index in [9.17, 15) is 8.42 Å². The molecule has 78 valence electrons. The van der Waals surface area contributed by atoms with Gasteiger partial charge >= 0.3 is 0 Å². The number of hydrogen-bond donors (Lipinski definition) is 2. The number of anilines is 1. The third kappa shape index (κ3) is 2.46. The van der Waals surface area contributed by atoms with Crippen molar-refractivity contribution in [3.8, 4) is 0 Å². The van der Waals surface area contributed by atoms with Crippen LogP contribution < -0.4 is 5.73 Å². The molecule has 0 radical (unpaired) electrons. The van der Waals surface area contributed by atoms with Gasteiger partial charge in [0.05, 0.1) is 4.90 Å². The Labute approximate surface area is 83.3 Å². The molecule has 0 heterocycles. The van der Waals surface area contributed by atoms with Crippen molar-refractivity contribution in [1.82, 2.24) is 0 Å². The zero-order chi connectivity index (χ0) is 10.8. The van der Waals surface area contributed by atoms with Crippen molar-refractivity contribution in [1.29, 1.82) is 0 Å². The fraction of sp³-hybridized carbons (Fsp3) is 0.333. The molecule has 0 aliphatic carbocycles. The molecule has 1 aromatic carbocycles. The van der Waals surface area contributed by atoms with Gasteiger partial charge < -0.3 is 10.8 Å². The molecule has 0 spiro atoms. The van der Waals surface area contributed by atoms with E-state index in [1.807, 2.05) is 0 Å². The third-order valence-electron chi connectivity index (χ3n) is 1.93. The molecule has 4 nitrogen and oxygen atoms in total. The third-order valence-corrected chi connectivity index (χ3v) is 3.04. The first-order chi connectivity index (χ1) is 6.45. The fourth-order valence-electron chi connectivity index (χ4n) is 1.15. The van der Waals surface area contributed by atoms with E-state index >= 15 is 0 Å². The minimum Gasteiger partial charge on any atom is -0.398 e. The summed E-state index contributed by atoms with van der Waals surface area (Å²) in [5, 5.41) is 8.70. The lowest BCUT2D eigenvalue weighted by Crippen LogP contribution is -2.02. The van der Waals surface area contributed by atoms with E-state index in [-0.39, 0.29) is 11.5 Å². The summed E-state index contributed by atoms with van der Waals surface area (Å²) in [6.45, 7) is 0.00240. The number of benzene rings is 1. The molecule has 0 saturated carbocycles. The predicted molar refractivity (Wildman–Crippen MR) is 54.8 cm³/mol. The molecule has 0 aliphatic heterocycles. The van der Waals surface area contributed by atoms with Gasteiger partial charge in [0, 0.05) is 18.6 Å². The van der Waals surface area contributed by atoms with Crippen LogP contribution in [0.15, 0.2) is 23.1 Å². The molecule has 0 aromatic heterocycles. The summed E-state index contributed by atoms with van der Waals surface area (Å²) in [6, 6.07) is 4.54. The van der Waals surface area contributed by atoms with E-state index in [0.717, 1.165) is 11.8 Å². The van der Waals surface area contributed by atoms with Crippen molar-refractivity contribution in [2.75, 3.05) is 18.6 Å². The molecule has 5 heteroatoms. The van der Waals surface area contributed by atoms with Crippen molar-refractivity contribution in [2.45, 2.75) is 11.3 Å². The maximum atomic E-state index is 11.1. The summed E-state index contributed by atoms with van der Waals surface area (Å²) >= 11 is 0. The average Bonchev–Trinajstić information content (AvgIpc) is 2.07. The van der Waals surface area contributed by atoms with E-state index in [1.54, 1.807) is 6.07 Å². The van der Waals surface area contributed by atoms with E-state index in [2.05, 4.69) is 0 Å². The first-order valence-electron chi connectivity index (χ1n) is 4.14. The lowest BCUT2D eigenvalue weighted by Gasteiger charge is -2.05. The van der Waals surface area contributed by atoms with Gasteiger partial charge in [0.25, 0.3) is 0 Å². The number of hydrogen-bond acceptors (Lipinski definition) is 4. The van der Waals surface area contributed by atoms with Crippen LogP contribution in [0, 0.1) is 0 Å². The average molecular weight is 215 g/mol. The molecule has 0 bridgehead atoms. The Kier molecular flexibility index (Phi) is 3.13. The van der Waals surface area contributed by atoms with Crippen LogP contribution in [-0.2, 0) is 16.3 Å². The van der Waals surface area contributed by atoms with Gasteiger partial charge in [-0.3, -0.25) is 0 Å². The van der Waals surface area contributed by atoms with Gasteiger partial charge in [-0.15, -0.1) is 0 Å². The molecule has 0 aliphatic rings. The zero-order valence-electron chi connectivity index (χ0n) is 7.90. The van der Waals surface area contributed by atoms with Crippen molar-refractivity contribution in [2.24, 2.45) is 0 Å². The van der Waals surface area contributed by atoms with Crippen molar-refractivity contribution in [3.05, 3.63) is 23.8 Å². The summed E-state index contributed by atoms with van der Waals surface area (Å²) in [7, 11) is -3.20. The Bertz CT molecular complexity index is 426. The topological polar surface area (TPSA) is 80.4 Å². The highest BCUT2D eigenvalue weighted by Crippen LogP contribution is 2.18. The van der Waals surface area contributed by atoms with Gasteiger partial charge in [0.1, 0.15) is 0 Å². The molecule has 0 fully saturated rings. The highest BCUT2D eigenvalue weighted by Gasteiger charge is 2.08. The molecule has 0 amide bonds. The Morgan fingerprint density at radius 2 is 2.07 bits per heavy atom. The summed E-state index contributed by atoms with van der Waals surface area (Å²) in [6.07, 6.45) is 1.57. The fourth-order valence-corrected chi connectivity index (χ4v) is 1.81. The second kappa shape index (κ2) is 3.98. The predicted octanol–water partition coefficient (Wildman–Crippen LogP) is 0.207. The number of nitrogen functional groups attached to an aromatic ring is 1. The molecule has 0 unspecified atom stereocenters. The van der Waals surface area contributed by atoms with E-state index in [1.165, 1.54) is 12.1 Å². The first kappa shape index (κ1) is 11.0. The normalized spacial score (nSPS) is 11.6. The number of sulfone groups is 1. The number of rotatable bonds is 3. The van der Waals surface area contributed by atoms with E-state index < -0.39 is 9.84 Å². The number of nitrogens with two attached hydrogens (primary N) is 1. The van der Waals surface area contributed by atoms with Crippen molar-refractivity contribution < 1.29 is 13.5 Å². The van der Waals surface area contributed by atoms with E-state index in [0.29, 0.717) is 12.1 Å². The summed E-state index contributed by atoms with van der Waals surface area (Å²) < 4.78 is 22.3. The molecule has 1 aromatic rings. The monoisotopic (exact) mass is 215 g/mol. The number of aliphatic hydroxyl groups excluding tert-OH is 1. The minimum atomic E-state index is -3.20. The largest absolute Gasteiger partial charge is 0.398 e. The second-order valence-corrected chi connectivity index (χ2v) is 5.12. The smallest absolute Gasteiger partial charge is 0.175 e. The lowest BCUT2D eigenvalue weighted by atomic mass is 10.1. The molecular weight excluding hydrogens is 202 g/mol. The van der Waals surface area contributed by atoms with Crippen LogP contribution in [0.5, 0.6) is 0 Å². The van der Waals surface area contributed by atoms with Crippen LogP contribution in [0.25, 0.3) is 0 Å². The minimum absolute atomic E-state index is 0.00240. The molecule has 0 atom stereocenters. The highest BCUT2D eigenvalue weighted by molar-refractivity contribution is 7.90. The molecule has 3 N–H and O–H groups in total. The summed E-state index contributed by atoms with van der Waals surface area (Å²) in [5.41, 5.74) is 6.80. The van der Waals surface area contributed by atoms with E-state index in [4.69, 9.17) is 10.8 Å². The Morgan fingerprint density at radius 3 is 2.50 bits per heavy atom. The van der Waals surface area contributed by atoms with Gasteiger partial charge in [-0.1, -0.05) is 6.07 Å². The SMILES string of the molecule is CS(=O)(=O)c1ccc(CCO)c(N)c1. The Hall–Kier alpha value is -1.07. The summed E-state index contributed by atoms with van der Waals surface area (Å²) in [5.74, 6) is 0. The first-order valence-corrected chi connectivity index (χ1v) is 6.03. The summed E-state index contributed by atoms with van der Waals surface area (Å²) in [4.78, 5) is 0.205. The molecular formula is C9H13NO3S. The standard InChI is InChI=1S/C9H13NO3S/c1-14(12,13)8-3-2-7(4-5-11)9(10)6-8/h2-3,6,11H,4-5,10H2,1H3. The van der Waals surface area contributed by atoms with Crippen LogP contribution in [0.4, 0.5) is 5.69 Å². The van der Waals surface area contributed by atoms with Crippen LogP contribution in [-0.4, -0.2) is 26.4 Å². The van der Waals surface area contributed by atoms with Crippen LogP contribution in [0.3, 0.4) is 0 Å². The van der Waals surface area contributed by atoms with Gasteiger partial charge in [-0.2, -0.15) is 0 Å². The lowest BCUT2D eigenvalue weighted by molar-refractivity contribution is 0.300. The zero-order valence-corrected chi connectivity index (χ0v) is 8.71. The Morgan fingerprint density at radius 1 is 1.43 bits per heavy atom. The maximum Gasteiger partial charge on any atom is 0.175 e. The van der Waals surface area contributed by atoms with Gasteiger partial charge in [0.15, 0.2) is 9.84 Å². The van der Waals surface area contributed by atoms with Crippen LogP contribution >= 0.6 is 0 Å². The van der Waals surface area contributed by atoms with Crippen molar-refractivity contribution >= 4 is 15.5 Å². The number of aliphatic hydroxyl groups is 1. The van der Waals surface area contributed by atoms with Crippen molar-refractivity contribution in [3.63, 3.8) is 0 Å². The maximum absolute atomic E-state index is 11.1.